The molecule has 0 radical (unpaired) electrons. The van der Waals surface area contributed by atoms with Crippen molar-refractivity contribution in [3.05, 3.63) is 28.8 Å². The number of aromatic nitrogens is 4. The van der Waals surface area contributed by atoms with Crippen LogP contribution < -0.4 is 5.32 Å². The first-order valence-electron chi connectivity index (χ1n) is 5.32. The molecule has 0 aromatic carbocycles. The fourth-order valence-electron chi connectivity index (χ4n) is 1.69. The molecular weight excluding hydrogens is 202 g/mol. The van der Waals surface area contributed by atoms with Gasteiger partial charge < -0.3 is 5.32 Å². The molecule has 0 saturated carbocycles. The molecule has 0 aliphatic rings. The largest absolute Gasteiger partial charge is 0.378 e. The molecule has 2 aromatic rings. The Labute approximate surface area is 94.9 Å². The van der Waals surface area contributed by atoms with Crippen molar-refractivity contribution in [3.63, 3.8) is 0 Å². The third-order valence-corrected chi connectivity index (χ3v) is 2.97. The second-order valence-electron chi connectivity index (χ2n) is 4.03. The van der Waals surface area contributed by atoms with Crippen molar-refractivity contribution >= 4 is 5.69 Å². The number of aryl methyl sites for hydroxylation is 3. The SMILES string of the molecule is Cc1n[nH]c(C)c1CNc1cnn(C)c1C. The number of H-pyrrole nitrogens is 1. The van der Waals surface area contributed by atoms with Gasteiger partial charge in [0.15, 0.2) is 0 Å². The lowest BCUT2D eigenvalue weighted by molar-refractivity contribution is 0.740. The van der Waals surface area contributed by atoms with Crippen LogP contribution in [-0.2, 0) is 13.6 Å². The Morgan fingerprint density at radius 1 is 1.38 bits per heavy atom. The van der Waals surface area contributed by atoms with Crippen LogP contribution in [0.5, 0.6) is 0 Å². The summed E-state index contributed by atoms with van der Waals surface area (Å²) in [6, 6.07) is 0. The maximum atomic E-state index is 4.19. The number of hydrogen-bond donors (Lipinski definition) is 2. The molecule has 0 fully saturated rings. The van der Waals surface area contributed by atoms with Gasteiger partial charge in [0.1, 0.15) is 0 Å². The van der Waals surface area contributed by atoms with Gasteiger partial charge >= 0.3 is 0 Å². The maximum absolute atomic E-state index is 4.19. The topological polar surface area (TPSA) is 58.5 Å². The fraction of sp³-hybridized carbons (Fsp3) is 0.455. The van der Waals surface area contributed by atoms with E-state index in [1.165, 1.54) is 5.56 Å². The van der Waals surface area contributed by atoms with Crippen molar-refractivity contribution in [1.29, 1.82) is 0 Å². The van der Waals surface area contributed by atoms with Crippen molar-refractivity contribution in [2.24, 2.45) is 7.05 Å². The molecule has 2 N–H and O–H groups in total. The molecule has 0 aliphatic carbocycles. The van der Waals surface area contributed by atoms with E-state index < -0.39 is 0 Å². The van der Waals surface area contributed by atoms with Crippen LogP contribution in [0, 0.1) is 20.8 Å². The molecule has 0 aliphatic heterocycles. The molecule has 0 spiro atoms. The Morgan fingerprint density at radius 3 is 2.62 bits per heavy atom. The van der Waals surface area contributed by atoms with Crippen LogP contribution in [-0.4, -0.2) is 20.0 Å². The van der Waals surface area contributed by atoms with E-state index in [-0.39, 0.29) is 0 Å². The third-order valence-electron chi connectivity index (χ3n) is 2.97. The molecule has 2 heterocycles. The summed E-state index contributed by atoms with van der Waals surface area (Å²) in [5.74, 6) is 0. The lowest BCUT2D eigenvalue weighted by Gasteiger charge is -2.05. The highest BCUT2D eigenvalue weighted by molar-refractivity contribution is 5.46. The molecule has 2 rings (SSSR count). The average Bonchev–Trinajstić information content (AvgIpc) is 2.73. The minimum absolute atomic E-state index is 0.778. The standard InChI is InChI=1S/C11H17N5/c1-7-10(8(2)15-14-7)5-12-11-6-13-16(4)9(11)3/h6,12H,5H2,1-4H3,(H,14,15). The summed E-state index contributed by atoms with van der Waals surface area (Å²) in [5.41, 5.74) is 5.60. The van der Waals surface area contributed by atoms with Crippen LogP contribution in [0.15, 0.2) is 6.20 Å². The number of nitrogens with zero attached hydrogens (tertiary/aromatic N) is 3. The van der Waals surface area contributed by atoms with Crippen molar-refractivity contribution in [2.75, 3.05) is 5.32 Å². The molecule has 0 saturated heterocycles. The van der Waals surface area contributed by atoms with Crippen molar-refractivity contribution < 1.29 is 0 Å². The highest BCUT2D eigenvalue weighted by atomic mass is 15.3. The minimum Gasteiger partial charge on any atom is -0.378 e. The second-order valence-corrected chi connectivity index (χ2v) is 4.03. The summed E-state index contributed by atoms with van der Waals surface area (Å²) >= 11 is 0. The predicted octanol–water partition coefficient (Wildman–Crippen LogP) is 1.68. The molecule has 2 aromatic heterocycles. The summed E-state index contributed by atoms with van der Waals surface area (Å²) < 4.78 is 1.86. The highest BCUT2D eigenvalue weighted by Gasteiger charge is 2.07. The quantitative estimate of drug-likeness (QED) is 0.825. The number of nitrogens with one attached hydrogen (secondary N) is 2. The van der Waals surface area contributed by atoms with E-state index in [2.05, 4.69) is 20.6 Å². The fourth-order valence-corrected chi connectivity index (χ4v) is 1.69. The molecule has 5 nitrogen and oxygen atoms in total. The van der Waals surface area contributed by atoms with Gasteiger partial charge in [-0.25, -0.2) is 0 Å². The number of aromatic amines is 1. The summed E-state index contributed by atoms with van der Waals surface area (Å²) in [6.07, 6.45) is 1.85. The first-order chi connectivity index (χ1) is 7.59. The predicted molar refractivity (Wildman–Crippen MR) is 63.3 cm³/mol. The van der Waals surface area contributed by atoms with Gasteiger partial charge in [0, 0.05) is 24.8 Å². The Balaban J connectivity index is 2.11. The molecule has 0 amide bonds. The Bertz CT molecular complexity index is 475. The summed E-state index contributed by atoms with van der Waals surface area (Å²) in [5, 5.41) is 14.7. The van der Waals surface area contributed by atoms with Gasteiger partial charge in [0.05, 0.1) is 23.3 Å². The summed E-state index contributed by atoms with van der Waals surface area (Å²) in [6.45, 7) is 6.87. The Morgan fingerprint density at radius 2 is 2.12 bits per heavy atom. The lowest BCUT2D eigenvalue weighted by atomic mass is 10.2. The van der Waals surface area contributed by atoms with Gasteiger partial charge in [0.25, 0.3) is 0 Å². The minimum atomic E-state index is 0.778. The molecule has 16 heavy (non-hydrogen) atoms. The summed E-state index contributed by atoms with van der Waals surface area (Å²) in [4.78, 5) is 0. The van der Waals surface area contributed by atoms with E-state index in [0.29, 0.717) is 0 Å². The maximum Gasteiger partial charge on any atom is 0.0758 e. The highest BCUT2D eigenvalue weighted by Crippen LogP contribution is 2.16. The zero-order valence-electron chi connectivity index (χ0n) is 10.1. The van der Waals surface area contributed by atoms with E-state index in [0.717, 1.165) is 29.3 Å². The molecule has 0 atom stereocenters. The lowest BCUT2D eigenvalue weighted by Crippen LogP contribution is -2.02. The smallest absolute Gasteiger partial charge is 0.0758 e. The number of rotatable bonds is 3. The van der Waals surface area contributed by atoms with E-state index in [1.54, 1.807) is 0 Å². The van der Waals surface area contributed by atoms with Gasteiger partial charge in [-0.1, -0.05) is 0 Å². The third kappa shape index (κ3) is 1.80. The van der Waals surface area contributed by atoms with Crippen LogP contribution in [0.25, 0.3) is 0 Å². The molecule has 5 heteroatoms. The van der Waals surface area contributed by atoms with Gasteiger partial charge in [-0.2, -0.15) is 10.2 Å². The first kappa shape index (κ1) is 10.7. The van der Waals surface area contributed by atoms with E-state index in [9.17, 15) is 0 Å². The zero-order chi connectivity index (χ0) is 11.7. The van der Waals surface area contributed by atoms with E-state index in [4.69, 9.17) is 0 Å². The van der Waals surface area contributed by atoms with Gasteiger partial charge in [-0.15, -0.1) is 0 Å². The first-order valence-corrected chi connectivity index (χ1v) is 5.32. The number of hydrogen-bond acceptors (Lipinski definition) is 3. The molecule has 0 bridgehead atoms. The second kappa shape index (κ2) is 4.00. The molecular formula is C11H17N5. The zero-order valence-corrected chi connectivity index (χ0v) is 10.1. The Hall–Kier alpha value is -1.78. The van der Waals surface area contributed by atoms with Gasteiger partial charge in [-0.3, -0.25) is 9.78 Å². The van der Waals surface area contributed by atoms with Crippen molar-refractivity contribution in [3.8, 4) is 0 Å². The van der Waals surface area contributed by atoms with Crippen LogP contribution >= 0.6 is 0 Å². The van der Waals surface area contributed by atoms with Crippen LogP contribution in [0.4, 0.5) is 5.69 Å². The van der Waals surface area contributed by atoms with Crippen LogP contribution in [0.2, 0.25) is 0 Å². The monoisotopic (exact) mass is 219 g/mol. The van der Waals surface area contributed by atoms with Crippen molar-refractivity contribution in [2.45, 2.75) is 27.3 Å². The number of anilines is 1. The van der Waals surface area contributed by atoms with E-state index >= 15 is 0 Å². The summed E-state index contributed by atoms with van der Waals surface area (Å²) in [7, 11) is 1.94. The van der Waals surface area contributed by atoms with Crippen molar-refractivity contribution in [1.82, 2.24) is 20.0 Å². The van der Waals surface area contributed by atoms with Crippen LogP contribution in [0.1, 0.15) is 22.6 Å². The van der Waals surface area contributed by atoms with E-state index in [1.807, 2.05) is 38.7 Å². The van der Waals surface area contributed by atoms with Gasteiger partial charge in [0.2, 0.25) is 0 Å². The Kier molecular flexibility index (Phi) is 2.68. The molecule has 0 unspecified atom stereocenters. The average molecular weight is 219 g/mol. The molecule has 86 valence electrons. The van der Waals surface area contributed by atoms with Crippen LogP contribution in [0.3, 0.4) is 0 Å². The van der Waals surface area contributed by atoms with Gasteiger partial charge in [-0.05, 0) is 20.8 Å². The normalized spacial score (nSPS) is 10.8.